The number of hydrogen-bond donors (Lipinski definition) is 0. The van der Waals surface area contributed by atoms with E-state index in [2.05, 4.69) is 0 Å². The zero-order valence-corrected chi connectivity index (χ0v) is 10.8. The molecule has 0 amide bonds. The normalized spacial score (nSPS) is 9.89. The second-order valence-corrected chi connectivity index (χ2v) is 3.92. The Balaban J connectivity index is 2.52. The number of rotatable bonds is 6. The Labute approximate surface area is 107 Å². The molecule has 0 radical (unpaired) electrons. The van der Waals surface area contributed by atoms with Crippen LogP contribution in [0.4, 0.5) is 0 Å². The molecule has 1 rings (SSSR count). The standard InChI is InChI=1S/C14H18O4/c1-3-5-13(15)17-11-7-9-12(10-8-11)18-14(16)6-4-2/h7-10H,3-6H2,1-2H3. The zero-order valence-electron chi connectivity index (χ0n) is 10.8. The average Bonchev–Trinajstić information content (AvgIpc) is 2.32. The minimum Gasteiger partial charge on any atom is -0.427 e. The van der Waals surface area contributed by atoms with Crippen LogP contribution in [0.25, 0.3) is 0 Å². The van der Waals surface area contributed by atoms with Gasteiger partial charge < -0.3 is 9.47 Å². The third-order valence-corrected chi connectivity index (χ3v) is 2.20. The Bertz CT molecular complexity index is 356. The predicted octanol–water partition coefficient (Wildman–Crippen LogP) is 3.10. The van der Waals surface area contributed by atoms with E-state index in [1.165, 1.54) is 0 Å². The van der Waals surface area contributed by atoms with Crippen molar-refractivity contribution >= 4 is 11.9 Å². The van der Waals surface area contributed by atoms with Gasteiger partial charge in [0, 0.05) is 12.8 Å². The molecule has 1 aromatic rings. The van der Waals surface area contributed by atoms with Gasteiger partial charge in [0.15, 0.2) is 0 Å². The SMILES string of the molecule is CCCC(=O)Oc1ccc(OC(=O)CCC)cc1. The fourth-order valence-electron chi connectivity index (χ4n) is 1.35. The number of benzene rings is 1. The molecule has 0 fully saturated rings. The van der Waals surface area contributed by atoms with E-state index < -0.39 is 0 Å². The number of esters is 2. The second-order valence-electron chi connectivity index (χ2n) is 3.92. The third-order valence-electron chi connectivity index (χ3n) is 2.20. The molecule has 0 saturated heterocycles. The molecule has 4 heteroatoms. The monoisotopic (exact) mass is 250 g/mol. The number of carbonyl (C=O) groups excluding carboxylic acids is 2. The summed E-state index contributed by atoms with van der Waals surface area (Å²) >= 11 is 0. The molecule has 4 nitrogen and oxygen atoms in total. The van der Waals surface area contributed by atoms with Gasteiger partial charge in [-0.1, -0.05) is 13.8 Å². The maximum atomic E-state index is 11.3. The molecule has 1 aromatic carbocycles. The van der Waals surface area contributed by atoms with Gasteiger partial charge in [-0.2, -0.15) is 0 Å². The maximum absolute atomic E-state index is 11.3. The first kappa shape index (κ1) is 14.2. The Morgan fingerprint density at radius 3 is 1.44 bits per heavy atom. The molecule has 0 saturated carbocycles. The molecule has 0 aliphatic rings. The molecular weight excluding hydrogens is 232 g/mol. The van der Waals surface area contributed by atoms with Crippen molar-refractivity contribution in [2.45, 2.75) is 39.5 Å². The summed E-state index contributed by atoms with van der Waals surface area (Å²) in [5.41, 5.74) is 0. The van der Waals surface area contributed by atoms with Gasteiger partial charge in [-0.15, -0.1) is 0 Å². The average molecular weight is 250 g/mol. The van der Waals surface area contributed by atoms with Gasteiger partial charge in [0.05, 0.1) is 0 Å². The number of hydrogen-bond acceptors (Lipinski definition) is 4. The van der Waals surface area contributed by atoms with Crippen molar-refractivity contribution in [1.82, 2.24) is 0 Å². The van der Waals surface area contributed by atoms with E-state index in [0.717, 1.165) is 12.8 Å². The summed E-state index contributed by atoms with van der Waals surface area (Å²) in [7, 11) is 0. The van der Waals surface area contributed by atoms with Gasteiger partial charge in [-0.25, -0.2) is 0 Å². The van der Waals surface area contributed by atoms with Crippen molar-refractivity contribution in [1.29, 1.82) is 0 Å². The second kappa shape index (κ2) is 7.48. The molecule has 18 heavy (non-hydrogen) atoms. The molecular formula is C14H18O4. The van der Waals surface area contributed by atoms with Crippen LogP contribution in [0.5, 0.6) is 11.5 Å². The molecule has 0 unspecified atom stereocenters. The first-order chi connectivity index (χ1) is 8.65. The van der Waals surface area contributed by atoms with E-state index in [0.29, 0.717) is 24.3 Å². The van der Waals surface area contributed by atoms with Gasteiger partial charge in [-0.05, 0) is 37.1 Å². The van der Waals surface area contributed by atoms with E-state index >= 15 is 0 Å². The molecule has 98 valence electrons. The van der Waals surface area contributed by atoms with E-state index in [1.807, 2.05) is 13.8 Å². The highest BCUT2D eigenvalue weighted by molar-refractivity contribution is 5.73. The summed E-state index contributed by atoms with van der Waals surface area (Å²) in [6, 6.07) is 6.45. The van der Waals surface area contributed by atoms with Gasteiger partial charge in [0.1, 0.15) is 11.5 Å². The smallest absolute Gasteiger partial charge is 0.311 e. The van der Waals surface area contributed by atoms with Gasteiger partial charge in [0.25, 0.3) is 0 Å². The molecule has 0 heterocycles. The minimum absolute atomic E-state index is 0.256. The Kier molecular flexibility index (Phi) is 5.91. The van der Waals surface area contributed by atoms with Crippen molar-refractivity contribution in [2.24, 2.45) is 0 Å². The van der Waals surface area contributed by atoms with E-state index in [9.17, 15) is 9.59 Å². The molecule has 0 atom stereocenters. The zero-order chi connectivity index (χ0) is 13.4. The summed E-state index contributed by atoms with van der Waals surface area (Å²) in [6.45, 7) is 3.83. The molecule has 0 N–H and O–H groups in total. The molecule has 0 aromatic heterocycles. The van der Waals surface area contributed by atoms with Gasteiger partial charge in [0.2, 0.25) is 0 Å². The van der Waals surface area contributed by atoms with Crippen LogP contribution in [0, 0.1) is 0 Å². The lowest BCUT2D eigenvalue weighted by Crippen LogP contribution is -2.08. The van der Waals surface area contributed by atoms with Crippen molar-refractivity contribution in [3.63, 3.8) is 0 Å². The van der Waals surface area contributed by atoms with Crippen LogP contribution in [0.1, 0.15) is 39.5 Å². The first-order valence-electron chi connectivity index (χ1n) is 6.17. The fraction of sp³-hybridized carbons (Fsp3) is 0.429. The van der Waals surface area contributed by atoms with Crippen molar-refractivity contribution in [2.75, 3.05) is 0 Å². The van der Waals surface area contributed by atoms with Crippen LogP contribution in [-0.2, 0) is 9.59 Å². The highest BCUT2D eigenvalue weighted by atomic mass is 16.5. The van der Waals surface area contributed by atoms with Crippen molar-refractivity contribution < 1.29 is 19.1 Å². The molecule has 0 aliphatic heterocycles. The highest BCUT2D eigenvalue weighted by Gasteiger charge is 2.05. The number of ether oxygens (including phenoxy) is 2. The molecule has 0 spiro atoms. The third kappa shape index (κ3) is 4.99. The number of carbonyl (C=O) groups is 2. The molecule has 0 aliphatic carbocycles. The fourth-order valence-corrected chi connectivity index (χ4v) is 1.35. The molecule has 0 bridgehead atoms. The Morgan fingerprint density at radius 1 is 0.833 bits per heavy atom. The minimum atomic E-state index is -0.256. The Hall–Kier alpha value is -1.84. The van der Waals surface area contributed by atoms with E-state index in [-0.39, 0.29) is 11.9 Å². The van der Waals surface area contributed by atoms with Crippen LogP contribution < -0.4 is 9.47 Å². The quantitative estimate of drug-likeness (QED) is 0.575. The summed E-state index contributed by atoms with van der Waals surface area (Å²) in [6.07, 6.45) is 2.30. The lowest BCUT2D eigenvalue weighted by molar-refractivity contribution is -0.135. The van der Waals surface area contributed by atoms with Crippen molar-refractivity contribution in [3.8, 4) is 11.5 Å². The maximum Gasteiger partial charge on any atom is 0.311 e. The van der Waals surface area contributed by atoms with Gasteiger partial charge >= 0.3 is 11.9 Å². The van der Waals surface area contributed by atoms with Crippen LogP contribution >= 0.6 is 0 Å². The summed E-state index contributed by atoms with van der Waals surface area (Å²) in [5.74, 6) is 0.411. The topological polar surface area (TPSA) is 52.6 Å². The van der Waals surface area contributed by atoms with Crippen molar-refractivity contribution in [3.05, 3.63) is 24.3 Å². The summed E-state index contributed by atoms with van der Waals surface area (Å²) in [4.78, 5) is 22.5. The largest absolute Gasteiger partial charge is 0.427 e. The predicted molar refractivity (Wildman–Crippen MR) is 67.5 cm³/mol. The van der Waals surface area contributed by atoms with Crippen LogP contribution in [0.2, 0.25) is 0 Å². The van der Waals surface area contributed by atoms with Crippen LogP contribution in [0.3, 0.4) is 0 Å². The summed E-state index contributed by atoms with van der Waals surface area (Å²) in [5, 5.41) is 0. The lowest BCUT2D eigenvalue weighted by Gasteiger charge is -2.05. The summed E-state index contributed by atoms with van der Waals surface area (Å²) < 4.78 is 10.2. The Morgan fingerprint density at radius 2 is 1.17 bits per heavy atom. The van der Waals surface area contributed by atoms with E-state index in [1.54, 1.807) is 24.3 Å². The van der Waals surface area contributed by atoms with Crippen LogP contribution in [-0.4, -0.2) is 11.9 Å². The van der Waals surface area contributed by atoms with Crippen LogP contribution in [0.15, 0.2) is 24.3 Å². The van der Waals surface area contributed by atoms with Gasteiger partial charge in [-0.3, -0.25) is 9.59 Å². The highest BCUT2D eigenvalue weighted by Crippen LogP contribution is 2.18. The first-order valence-corrected chi connectivity index (χ1v) is 6.17. The lowest BCUT2D eigenvalue weighted by atomic mass is 10.3. The van der Waals surface area contributed by atoms with E-state index in [4.69, 9.17) is 9.47 Å².